The Hall–Kier alpha value is -1.92. The van der Waals surface area contributed by atoms with Gasteiger partial charge in [-0.3, -0.25) is 4.68 Å². The molecule has 0 bridgehead atoms. The SMILES string of the molecule is Cn1nnc(Cn2cc(N)cn2)n1. The smallest absolute Gasteiger partial charge is 0.196 e. The van der Waals surface area contributed by atoms with E-state index in [4.69, 9.17) is 5.73 Å². The Bertz CT molecular complexity index is 362. The Labute approximate surface area is 74.1 Å². The minimum Gasteiger partial charge on any atom is -0.396 e. The van der Waals surface area contributed by atoms with Crippen LogP contribution in [0.3, 0.4) is 0 Å². The Balaban J connectivity index is 2.14. The van der Waals surface area contributed by atoms with Crippen molar-refractivity contribution >= 4 is 5.69 Å². The Morgan fingerprint density at radius 2 is 2.38 bits per heavy atom. The van der Waals surface area contributed by atoms with Gasteiger partial charge in [0.15, 0.2) is 5.82 Å². The first kappa shape index (κ1) is 7.71. The molecule has 0 fully saturated rings. The van der Waals surface area contributed by atoms with Crippen molar-refractivity contribution in [2.24, 2.45) is 7.05 Å². The largest absolute Gasteiger partial charge is 0.396 e. The van der Waals surface area contributed by atoms with E-state index >= 15 is 0 Å². The third-order valence-electron chi connectivity index (χ3n) is 1.51. The van der Waals surface area contributed by atoms with Gasteiger partial charge in [0.05, 0.1) is 18.9 Å². The fraction of sp³-hybridized carbons (Fsp3) is 0.333. The summed E-state index contributed by atoms with van der Waals surface area (Å²) in [4.78, 5) is 1.40. The number of tetrazole rings is 1. The Morgan fingerprint density at radius 3 is 2.92 bits per heavy atom. The number of hydrogen-bond acceptors (Lipinski definition) is 5. The lowest BCUT2D eigenvalue weighted by Gasteiger charge is -1.93. The van der Waals surface area contributed by atoms with Gasteiger partial charge in [-0.2, -0.15) is 9.90 Å². The molecule has 0 amide bonds. The summed E-state index contributed by atoms with van der Waals surface area (Å²) >= 11 is 0. The van der Waals surface area contributed by atoms with Gasteiger partial charge >= 0.3 is 0 Å². The molecular weight excluding hydrogens is 170 g/mol. The monoisotopic (exact) mass is 179 g/mol. The molecule has 0 saturated heterocycles. The molecule has 0 spiro atoms. The van der Waals surface area contributed by atoms with Crippen LogP contribution in [0, 0.1) is 0 Å². The van der Waals surface area contributed by atoms with Crippen LogP contribution in [0.15, 0.2) is 12.4 Å². The summed E-state index contributed by atoms with van der Waals surface area (Å²) in [5, 5.41) is 15.5. The van der Waals surface area contributed by atoms with Crippen LogP contribution in [0.25, 0.3) is 0 Å². The molecule has 2 aromatic rings. The zero-order valence-corrected chi connectivity index (χ0v) is 7.12. The second-order valence-electron chi connectivity index (χ2n) is 2.67. The van der Waals surface area contributed by atoms with Crippen molar-refractivity contribution in [1.29, 1.82) is 0 Å². The normalized spacial score (nSPS) is 10.5. The molecule has 7 nitrogen and oxygen atoms in total. The highest BCUT2D eigenvalue weighted by molar-refractivity contribution is 5.30. The van der Waals surface area contributed by atoms with E-state index in [0.717, 1.165) is 0 Å². The molecule has 0 aliphatic rings. The molecule has 0 aliphatic heterocycles. The number of nitrogens with zero attached hydrogens (tertiary/aromatic N) is 6. The Morgan fingerprint density at radius 1 is 1.54 bits per heavy atom. The minimum absolute atomic E-state index is 0.491. The van der Waals surface area contributed by atoms with Gasteiger partial charge in [-0.25, -0.2) is 0 Å². The number of hydrogen-bond donors (Lipinski definition) is 1. The maximum atomic E-state index is 5.49. The molecule has 2 heterocycles. The first-order valence-electron chi connectivity index (χ1n) is 3.75. The van der Waals surface area contributed by atoms with Crippen molar-refractivity contribution in [3.8, 4) is 0 Å². The summed E-state index contributed by atoms with van der Waals surface area (Å²) in [5.74, 6) is 0.616. The molecule has 2 rings (SSSR count). The third kappa shape index (κ3) is 1.63. The highest BCUT2D eigenvalue weighted by Crippen LogP contribution is 1.99. The van der Waals surface area contributed by atoms with Crippen LogP contribution < -0.4 is 5.73 Å². The number of aryl methyl sites for hydroxylation is 1. The van der Waals surface area contributed by atoms with Crippen molar-refractivity contribution < 1.29 is 0 Å². The predicted molar refractivity (Wildman–Crippen MR) is 44.5 cm³/mol. The van der Waals surface area contributed by atoms with Crippen LogP contribution in [0.1, 0.15) is 5.82 Å². The number of anilines is 1. The molecule has 0 saturated carbocycles. The lowest BCUT2D eigenvalue weighted by Crippen LogP contribution is -2.02. The van der Waals surface area contributed by atoms with Crippen molar-refractivity contribution in [3.63, 3.8) is 0 Å². The van der Waals surface area contributed by atoms with Crippen LogP contribution >= 0.6 is 0 Å². The molecular formula is C6H9N7. The third-order valence-corrected chi connectivity index (χ3v) is 1.51. The summed E-state index contributed by atoms with van der Waals surface area (Å²) in [6.45, 7) is 0.491. The average molecular weight is 179 g/mol. The highest BCUT2D eigenvalue weighted by Gasteiger charge is 2.01. The van der Waals surface area contributed by atoms with E-state index in [1.165, 1.54) is 4.80 Å². The van der Waals surface area contributed by atoms with Crippen molar-refractivity contribution in [2.75, 3.05) is 5.73 Å². The zero-order valence-electron chi connectivity index (χ0n) is 7.12. The Kier molecular flexibility index (Phi) is 1.69. The van der Waals surface area contributed by atoms with Crippen LogP contribution in [-0.2, 0) is 13.6 Å². The van der Waals surface area contributed by atoms with E-state index in [1.807, 2.05) is 0 Å². The summed E-state index contributed by atoms with van der Waals surface area (Å²) in [6.07, 6.45) is 3.30. The van der Waals surface area contributed by atoms with Crippen molar-refractivity contribution in [2.45, 2.75) is 6.54 Å². The van der Waals surface area contributed by atoms with E-state index in [1.54, 1.807) is 24.1 Å². The van der Waals surface area contributed by atoms with Gasteiger partial charge in [0.25, 0.3) is 0 Å². The quantitative estimate of drug-likeness (QED) is 0.641. The molecule has 0 radical (unpaired) electrons. The van der Waals surface area contributed by atoms with Gasteiger partial charge in [0.1, 0.15) is 6.54 Å². The summed E-state index contributed by atoms with van der Waals surface area (Å²) in [5.41, 5.74) is 6.12. The second-order valence-corrected chi connectivity index (χ2v) is 2.67. The lowest BCUT2D eigenvalue weighted by atomic mass is 10.6. The van der Waals surface area contributed by atoms with E-state index in [0.29, 0.717) is 18.1 Å². The molecule has 0 aromatic carbocycles. The number of nitrogen functional groups attached to an aromatic ring is 1. The summed E-state index contributed by atoms with van der Waals surface area (Å²) in [6, 6.07) is 0. The summed E-state index contributed by atoms with van der Waals surface area (Å²) in [7, 11) is 1.72. The molecule has 7 heteroatoms. The molecule has 0 unspecified atom stereocenters. The summed E-state index contributed by atoms with van der Waals surface area (Å²) < 4.78 is 1.66. The van der Waals surface area contributed by atoms with Gasteiger partial charge in [0, 0.05) is 6.20 Å². The maximum absolute atomic E-state index is 5.49. The van der Waals surface area contributed by atoms with Crippen molar-refractivity contribution in [1.82, 2.24) is 30.0 Å². The van der Waals surface area contributed by atoms with E-state index in [2.05, 4.69) is 20.5 Å². The molecule has 68 valence electrons. The van der Waals surface area contributed by atoms with E-state index < -0.39 is 0 Å². The standard InChI is InChI=1S/C6H9N7/c1-12-10-6(9-11-12)4-13-3-5(7)2-8-13/h2-3H,4,7H2,1H3. The van der Waals surface area contributed by atoms with Crippen LogP contribution in [0.4, 0.5) is 5.69 Å². The number of aromatic nitrogens is 6. The first-order chi connectivity index (χ1) is 6.24. The van der Waals surface area contributed by atoms with E-state index in [-0.39, 0.29) is 0 Å². The minimum atomic E-state index is 0.491. The van der Waals surface area contributed by atoms with Gasteiger partial charge < -0.3 is 5.73 Å². The maximum Gasteiger partial charge on any atom is 0.196 e. The predicted octanol–water partition coefficient (Wildman–Crippen LogP) is -0.963. The van der Waals surface area contributed by atoms with Crippen LogP contribution in [-0.4, -0.2) is 30.0 Å². The van der Waals surface area contributed by atoms with Crippen LogP contribution in [0.5, 0.6) is 0 Å². The van der Waals surface area contributed by atoms with E-state index in [9.17, 15) is 0 Å². The average Bonchev–Trinajstić information content (AvgIpc) is 2.62. The lowest BCUT2D eigenvalue weighted by molar-refractivity contribution is 0.617. The van der Waals surface area contributed by atoms with Gasteiger partial charge in [0.2, 0.25) is 0 Å². The topological polar surface area (TPSA) is 87.4 Å². The second kappa shape index (κ2) is 2.85. The fourth-order valence-electron chi connectivity index (χ4n) is 0.998. The molecule has 0 aliphatic carbocycles. The van der Waals surface area contributed by atoms with Crippen molar-refractivity contribution in [3.05, 3.63) is 18.2 Å². The fourth-order valence-corrected chi connectivity index (χ4v) is 0.998. The number of rotatable bonds is 2. The molecule has 13 heavy (non-hydrogen) atoms. The van der Waals surface area contributed by atoms with Gasteiger partial charge in [-0.15, -0.1) is 10.2 Å². The highest BCUT2D eigenvalue weighted by atomic mass is 15.6. The molecule has 2 N–H and O–H groups in total. The zero-order chi connectivity index (χ0) is 9.26. The molecule has 0 atom stereocenters. The van der Waals surface area contributed by atoms with Gasteiger partial charge in [-0.05, 0) is 5.21 Å². The number of nitrogens with two attached hydrogens (primary N) is 1. The van der Waals surface area contributed by atoms with Gasteiger partial charge in [-0.1, -0.05) is 0 Å². The molecule has 2 aromatic heterocycles. The first-order valence-corrected chi connectivity index (χ1v) is 3.75. The van der Waals surface area contributed by atoms with Crippen LogP contribution in [0.2, 0.25) is 0 Å².